The summed E-state index contributed by atoms with van der Waals surface area (Å²) in [5.74, 6) is 0. The lowest BCUT2D eigenvalue weighted by Crippen LogP contribution is -2.26. The van der Waals surface area contributed by atoms with E-state index in [0.29, 0.717) is 0 Å². The molecule has 0 bridgehead atoms. The van der Waals surface area contributed by atoms with Gasteiger partial charge in [-0.1, -0.05) is 30.3 Å². The van der Waals surface area contributed by atoms with Gasteiger partial charge >= 0.3 is 0 Å². The third-order valence-corrected chi connectivity index (χ3v) is 3.57. The largest absolute Gasteiger partial charge is 0.395 e. The Hall–Kier alpha value is -1.16. The average molecular weight is 233 g/mol. The average Bonchev–Trinajstić information content (AvgIpc) is 2.78. The van der Waals surface area contributed by atoms with Gasteiger partial charge in [-0.3, -0.25) is 0 Å². The Kier molecular flexibility index (Phi) is 3.72. The van der Waals surface area contributed by atoms with Gasteiger partial charge in [0.1, 0.15) is 0 Å². The molecule has 2 aromatic rings. The van der Waals surface area contributed by atoms with Gasteiger partial charge in [-0.2, -0.15) is 0 Å². The van der Waals surface area contributed by atoms with Gasteiger partial charge in [-0.25, -0.2) is 0 Å². The van der Waals surface area contributed by atoms with Gasteiger partial charge in [-0.15, -0.1) is 11.3 Å². The van der Waals surface area contributed by atoms with Crippen molar-refractivity contribution in [1.29, 1.82) is 0 Å². The van der Waals surface area contributed by atoms with Crippen LogP contribution in [0.25, 0.3) is 10.4 Å². The highest BCUT2D eigenvalue weighted by Gasteiger charge is 2.06. The summed E-state index contributed by atoms with van der Waals surface area (Å²) in [4.78, 5) is 2.47. The molecule has 0 aliphatic rings. The predicted octanol–water partition coefficient (Wildman–Crippen LogP) is 2.28. The topological polar surface area (TPSA) is 46.2 Å². The van der Waals surface area contributed by atoms with Gasteiger partial charge < -0.3 is 10.8 Å². The van der Waals surface area contributed by atoms with E-state index in [1.165, 1.54) is 15.3 Å². The fourth-order valence-electron chi connectivity index (χ4n) is 1.57. The van der Waals surface area contributed by atoms with Crippen LogP contribution in [0.15, 0.2) is 42.5 Å². The minimum Gasteiger partial charge on any atom is -0.395 e. The molecular formula is C13H15NOS. The van der Waals surface area contributed by atoms with Crippen LogP contribution in [0.3, 0.4) is 0 Å². The molecule has 3 N–H and O–H groups in total. The van der Waals surface area contributed by atoms with E-state index < -0.39 is 0 Å². The lowest BCUT2D eigenvalue weighted by molar-refractivity contribution is 0.266. The summed E-state index contributed by atoms with van der Waals surface area (Å²) < 4.78 is 0. The molecule has 1 aromatic carbocycles. The molecule has 0 aliphatic carbocycles. The second-order valence-corrected chi connectivity index (χ2v) is 4.95. The molecule has 3 heteroatoms. The monoisotopic (exact) mass is 233 g/mol. The molecule has 1 heterocycles. The molecule has 0 saturated heterocycles. The van der Waals surface area contributed by atoms with E-state index in [1.807, 2.05) is 18.2 Å². The number of nitrogens with two attached hydrogens (primary N) is 1. The van der Waals surface area contributed by atoms with E-state index in [0.717, 1.165) is 6.42 Å². The van der Waals surface area contributed by atoms with Crippen molar-refractivity contribution in [2.24, 2.45) is 5.73 Å². The molecule has 0 radical (unpaired) electrons. The minimum absolute atomic E-state index is 0.0402. The van der Waals surface area contributed by atoms with Crippen LogP contribution in [-0.4, -0.2) is 17.8 Å². The third-order valence-electron chi connectivity index (χ3n) is 2.42. The van der Waals surface area contributed by atoms with E-state index in [1.54, 1.807) is 11.3 Å². The SMILES string of the molecule is NC(CO)Cc1ccc(-c2ccccc2)s1. The van der Waals surface area contributed by atoms with Crippen molar-refractivity contribution in [1.82, 2.24) is 0 Å². The maximum atomic E-state index is 8.90. The fourth-order valence-corrected chi connectivity index (χ4v) is 2.67. The predicted molar refractivity (Wildman–Crippen MR) is 68.5 cm³/mol. The summed E-state index contributed by atoms with van der Waals surface area (Å²) in [5, 5.41) is 8.90. The molecule has 2 nitrogen and oxygen atoms in total. The molecule has 84 valence electrons. The molecule has 2 rings (SSSR count). The van der Waals surface area contributed by atoms with E-state index in [9.17, 15) is 0 Å². The molecule has 0 spiro atoms. The zero-order valence-corrected chi connectivity index (χ0v) is 9.78. The van der Waals surface area contributed by atoms with Crippen LogP contribution in [-0.2, 0) is 6.42 Å². The van der Waals surface area contributed by atoms with Crippen LogP contribution in [0, 0.1) is 0 Å². The highest BCUT2D eigenvalue weighted by atomic mass is 32.1. The molecule has 0 aliphatic heterocycles. The molecule has 1 atom stereocenters. The van der Waals surface area contributed by atoms with Crippen molar-refractivity contribution in [3.63, 3.8) is 0 Å². The first kappa shape index (κ1) is 11.3. The van der Waals surface area contributed by atoms with E-state index in [2.05, 4.69) is 24.3 Å². The first-order valence-corrected chi connectivity index (χ1v) is 6.12. The van der Waals surface area contributed by atoms with Gasteiger partial charge in [0.25, 0.3) is 0 Å². The maximum Gasteiger partial charge on any atom is 0.0586 e. The highest BCUT2D eigenvalue weighted by Crippen LogP contribution is 2.28. The summed E-state index contributed by atoms with van der Waals surface area (Å²) in [7, 11) is 0. The van der Waals surface area contributed by atoms with Crippen LogP contribution < -0.4 is 5.73 Å². The van der Waals surface area contributed by atoms with Gasteiger partial charge in [0.15, 0.2) is 0 Å². The Bertz CT molecular complexity index is 438. The van der Waals surface area contributed by atoms with Gasteiger partial charge in [0.2, 0.25) is 0 Å². The van der Waals surface area contributed by atoms with E-state index in [-0.39, 0.29) is 12.6 Å². The lowest BCUT2D eigenvalue weighted by Gasteiger charge is -2.04. The van der Waals surface area contributed by atoms with Crippen molar-refractivity contribution in [3.05, 3.63) is 47.3 Å². The molecule has 0 saturated carbocycles. The van der Waals surface area contributed by atoms with Gasteiger partial charge in [0, 0.05) is 15.8 Å². The van der Waals surface area contributed by atoms with Crippen LogP contribution in [0.1, 0.15) is 4.88 Å². The maximum absolute atomic E-state index is 8.90. The number of aliphatic hydroxyl groups is 1. The zero-order chi connectivity index (χ0) is 11.4. The number of hydrogen-bond acceptors (Lipinski definition) is 3. The summed E-state index contributed by atoms with van der Waals surface area (Å²) in [6.07, 6.45) is 0.744. The lowest BCUT2D eigenvalue weighted by atomic mass is 10.2. The van der Waals surface area contributed by atoms with Crippen molar-refractivity contribution in [3.8, 4) is 10.4 Å². The van der Waals surface area contributed by atoms with Crippen molar-refractivity contribution in [2.45, 2.75) is 12.5 Å². The zero-order valence-electron chi connectivity index (χ0n) is 8.97. The highest BCUT2D eigenvalue weighted by molar-refractivity contribution is 7.15. The summed E-state index contributed by atoms with van der Waals surface area (Å²) >= 11 is 1.74. The molecule has 16 heavy (non-hydrogen) atoms. The number of thiophene rings is 1. The Labute approximate surface area is 99.4 Å². The second kappa shape index (κ2) is 5.25. The number of hydrogen-bond donors (Lipinski definition) is 2. The standard InChI is InChI=1S/C13H15NOS/c14-11(9-15)8-12-6-7-13(16-12)10-4-2-1-3-5-10/h1-7,11,15H,8-9,14H2. The molecule has 1 aromatic heterocycles. The van der Waals surface area contributed by atoms with E-state index in [4.69, 9.17) is 10.8 Å². The quantitative estimate of drug-likeness (QED) is 0.851. The number of rotatable bonds is 4. The Morgan fingerprint density at radius 1 is 1.12 bits per heavy atom. The Balaban J connectivity index is 2.14. The molecule has 1 unspecified atom stereocenters. The van der Waals surface area contributed by atoms with Crippen LogP contribution in [0.2, 0.25) is 0 Å². The van der Waals surface area contributed by atoms with Gasteiger partial charge in [-0.05, 0) is 24.1 Å². The summed E-state index contributed by atoms with van der Waals surface area (Å²) in [5.41, 5.74) is 6.94. The second-order valence-electron chi connectivity index (χ2n) is 3.78. The minimum atomic E-state index is -0.151. The van der Waals surface area contributed by atoms with Crippen LogP contribution in [0.4, 0.5) is 0 Å². The van der Waals surface area contributed by atoms with Gasteiger partial charge in [0.05, 0.1) is 6.61 Å². The summed E-state index contributed by atoms with van der Waals surface area (Å²) in [6, 6.07) is 14.3. The third kappa shape index (κ3) is 2.70. The van der Waals surface area contributed by atoms with E-state index >= 15 is 0 Å². The Morgan fingerprint density at radius 2 is 1.88 bits per heavy atom. The van der Waals surface area contributed by atoms with Crippen molar-refractivity contribution < 1.29 is 5.11 Å². The summed E-state index contributed by atoms with van der Waals surface area (Å²) in [6.45, 7) is 0.0402. The first-order chi connectivity index (χ1) is 7.79. The molecule has 0 fully saturated rings. The van der Waals surface area contributed by atoms with Crippen LogP contribution in [0.5, 0.6) is 0 Å². The smallest absolute Gasteiger partial charge is 0.0586 e. The molecule has 0 amide bonds. The normalized spacial score (nSPS) is 12.6. The van der Waals surface area contributed by atoms with Crippen LogP contribution >= 0.6 is 11.3 Å². The van der Waals surface area contributed by atoms with Crippen molar-refractivity contribution in [2.75, 3.05) is 6.61 Å². The number of benzene rings is 1. The Morgan fingerprint density at radius 3 is 2.56 bits per heavy atom. The van der Waals surface area contributed by atoms with Crippen molar-refractivity contribution >= 4 is 11.3 Å². The fraction of sp³-hybridized carbons (Fsp3) is 0.231. The number of aliphatic hydroxyl groups excluding tert-OH is 1. The first-order valence-electron chi connectivity index (χ1n) is 5.30. The molecular weight excluding hydrogens is 218 g/mol.